The van der Waals surface area contributed by atoms with E-state index in [1.54, 1.807) is 16.4 Å². The molecule has 3 aromatic rings. The van der Waals surface area contributed by atoms with E-state index in [1.165, 1.54) is 5.56 Å². The zero-order valence-electron chi connectivity index (χ0n) is 15.8. The number of hydrogen-bond donors (Lipinski definition) is 2. The van der Waals surface area contributed by atoms with Crippen LogP contribution < -0.4 is 16.2 Å². The first-order valence-corrected chi connectivity index (χ1v) is 8.98. The Hall–Kier alpha value is -3.28. The Morgan fingerprint density at radius 1 is 1.04 bits per heavy atom. The first kappa shape index (κ1) is 18.5. The van der Waals surface area contributed by atoms with Gasteiger partial charge in [0, 0.05) is 12.7 Å². The summed E-state index contributed by atoms with van der Waals surface area (Å²) in [6, 6.07) is 17.3. The molecule has 6 nitrogen and oxygen atoms in total. The van der Waals surface area contributed by atoms with E-state index in [4.69, 9.17) is 0 Å². The van der Waals surface area contributed by atoms with Crippen molar-refractivity contribution in [3.05, 3.63) is 76.2 Å². The minimum absolute atomic E-state index is 0.0879. The first-order chi connectivity index (χ1) is 13.0. The van der Waals surface area contributed by atoms with Crippen LogP contribution in [-0.2, 0) is 18.3 Å². The maximum Gasteiger partial charge on any atom is 0.295 e. The number of nitrogens with zero attached hydrogens (tertiary/aromatic N) is 2. The molecule has 0 saturated carbocycles. The molecule has 2 aromatic carbocycles. The molecule has 3 rings (SSSR count). The molecule has 1 amide bonds. The van der Waals surface area contributed by atoms with Crippen molar-refractivity contribution < 1.29 is 4.79 Å². The number of aromatic nitrogens is 2. The second kappa shape index (κ2) is 7.95. The molecule has 27 heavy (non-hydrogen) atoms. The number of aryl methyl sites for hydroxylation is 1. The van der Waals surface area contributed by atoms with Crippen molar-refractivity contribution in [2.45, 2.75) is 20.3 Å². The van der Waals surface area contributed by atoms with E-state index in [0.29, 0.717) is 11.4 Å². The minimum atomic E-state index is -0.263. The Balaban J connectivity index is 1.73. The number of carbonyl (C=O) groups excluding carboxylic acids is 1. The largest absolute Gasteiger partial charge is 0.376 e. The highest BCUT2D eigenvalue weighted by Gasteiger charge is 2.17. The molecule has 2 N–H and O–H groups in total. The van der Waals surface area contributed by atoms with Gasteiger partial charge in [-0.05, 0) is 43.2 Å². The first-order valence-electron chi connectivity index (χ1n) is 8.98. The Morgan fingerprint density at radius 2 is 1.70 bits per heavy atom. The zero-order chi connectivity index (χ0) is 19.4. The van der Waals surface area contributed by atoms with E-state index < -0.39 is 0 Å². The maximum atomic E-state index is 12.8. The number of hydrogen-bond acceptors (Lipinski definition) is 3. The van der Waals surface area contributed by atoms with Crippen molar-refractivity contribution in [3.63, 3.8) is 0 Å². The summed E-state index contributed by atoms with van der Waals surface area (Å²) in [6.45, 7) is 4.00. The van der Waals surface area contributed by atoms with Gasteiger partial charge in [-0.3, -0.25) is 14.3 Å². The Labute approximate surface area is 158 Å². The van der Waals surface area contributed by atoms with Crippen molar-refractivity contribution in [1.82, 2.24) is 9.36 Å². The third kappa shape index (κ3) is 3.95. The van der Waals surface area contributed by atoms with Gasteiger partial charge in [-0.25, -0.2) is 4.68 Å². The third-order valence-electron chi connectivity index (χ3n) is 4.63. The molecule has 6 heteroatoms. The fourth-order valence-corrected chi connectivity index (χ4v) is 2.94. The number of anilines is 2. The SMILES string of the molecule is CCc1ccc(NCC(=O)Nc2c(C)n(C)n(-c3ccccc3)c2=O)cc1. The number of carbonyl (C=O) groups is 1. The summed E-state index contributed by atoms with van der Waals surface area (Å²) in [5.74, 6) is -0.263. The van der Waals surface area contributed by atoms with Crippen molar-refractivity contribution in [2.75, 3.05) is 17.2 Å². The summed E-state index contributed by atoms with van der Waals surface area (Å²) in [5.41, 5.74) is 3.61. The topological polar surface area (TPSA) is 68.1 Å². The normalized spacial score (nSPS) is 10.6. The monoisotopic (exact) mass is 364 g/mol. The van der Waals surface area contributed by atoms with Crippen molar-refractivity contribution >= 4 is 17.3 Å². The summed E-state index contributed by atoms with van der Waals surface area (Å²) < 4.78 is 3.28. The summed E-state index contributed by atoms with van der Waals surface area (Å²) in [6.07, 6.45) is 0.974. The molecule has 0 aliphatic heterocycles. The van der Waals surface area contributed by atoms with Crippen LogP contribution in [0, 0.1) is 6.92 Å². The van der Waals surface area contributed by atoms with Crippen LogP contribution in [0.15, 0.2) is 59.4 Å². The molecule has 0 aliphatic rings. The van der Waals surface area contributed by atoms with E-state index in [-0.39, 0.29) is 18.0 Å². The second-order valence-electron chi connectivity index (χ2n) is 6.39. The van der Waals surface area contributed by atoms with Crippen LogP contribution >= 0.6 is 0 Å². The molecule has 1 heterocycles. The van der Waals surface area contributed by atoms with Gasteiger partial charge in [0.25, 0.3) is 5.56 Å². The van der Waals surface area contributed by atoms with E-state index in [2.05, 4.69) is 17.6 Å². The number of nitrogens with one attached hydrogen (secondary N) is 2. The standard InChI is InChI=1S/C21H24N4O2/c1-4-16-10-12-17(13-11-16)22-14-19(26)23-20-15(2)24(3)25(21(20)27)18-8-6-5-7-9-18/h5-13,22H,4,14H2,1-3H3,(H,23,26). The van der Waals surface area contributed by atoms with Crippen molar-refractivity contribution in [2.24, 2.45) is 7.05 Å². The highest BCUT2D eigenvalue weighted by Crippen LogP contribution is 2.14. The average Bonchev–Trinajstić information content (AvgIpc) is 2.90. The van der Waals surface area contributed by atoms with Crippen LogP contribution in [0.1, 0.15) is 18.2 Å². The predicted octanol–water partition coefficient (Wildman–Crippen LogP) is 3.10. The highest BCUT2D eigenvalue weighted by molar-refractivity contribution is 5.94. The molecular weight excluding hydrogens is 340 g/mol. The van der Waals surface area contributed by atoms with Crippen LogP contribution in [-0.4, -0.2) is 21.8 Å². The summed E-state index contributed by atoms with van der Waals surface area (Å²) in [5, 5.41) is 5.83. The molecule has 0 bridgehead atoms. The van der Waals surface area contributed by atoms with Crippen LogP contribution in [0.2, 0.25) is 0 Å². The molecule has 0 spiro atoms. The van der Waals surface area contributed by atoms with E-state index in [0.717, 1.165) is 17.8 Å². The summed E-state index contributed by atoms with van der Waals surface area (Å²) >= 11 is 0. The zero-order valence-corrected chi connectivity index (χ0v) is 15.8. The lowest BCUT2D eigenvalue weighted by molar-refractivity contribution is -0.114. The smallest absolute Gasteiger partial charge is 0.295 e. The van der Waals surface area contributed by atoms with E-state index in [1.807, 2.05) is 61.5 Å². The van der Waals surface area contributed by atoms with Gasteiger partial charge < -0.3 is 10.6 Å². The van der Waals surface area contributed by atoms with Gasteiger partial charge in [0.2, 0.25) is 5.91 Å². The molecular formula is C21H24N4O2. The van der Waals surface area contributed by atoms with Gasteiger partial charge in [-0.1, -0.05) is 37.3 Å². The fraction of sp³-hybridized carbons (Fsp3) is 0.238. The number of amides is 1. The third-order valence-corrected chi connectivity index (χ3v) is 4.63. The van der Waals surface area contributed by atoms with Crippen molar-refractivity contribution in [3.8, 4) is 5.69 Å². The Morgan fingerprint density at radius 3 is 2.33 bits per heavy atom. The van der Waals surface area contributed by atoms with E-state index in [9.17, 15) is 9.59 Å². The lowest BCUT2D eigenvalue weighted by Crippen LogP contribution is -2.26. The second-order valence-corrected chi connectivity index (χ2v) is 6.39. The molecule has 0 unspecified atom stereocenters. The molecule has 1 aromatic heterocycles. The van der Waals surface area contributed by atoms with E-state index >= 15 is 0 Å². The van der Waals surface area contributed by atoms with Gasteiger partial charge in [0.05, 0.1) is 17.9 Å². The van der Waals surface area contributed by atoms with Gasteiger partial charge >= 0.3 is 0 Å². The lowest BCUT2D eigenvalue weighted by atomic mass is 10.1. The lowest BCUT2D eigenvalue weighted by Gasteiger charge is -2.08. The van der Waals surface area contributed by atoms with Gasteiger partial charge in [-0.15, -0.1) is 0 Å². The quantitative estimate of drug-likeness (QED) is 0.706. The van der Waals surface area contributed by atoms with Gasteiger partial charge in [0.15, 0.2) is 0 Å². The highest BCUT2D eigenvalue weighted by atomic mass is 16.2. The number of rotatable bonds is 6. The molecule has 0 radical (unpaired) electrons. The van der Waals surface area contributed by atoms with Gasteiger partial charge in [-0.2, -0.15) is 0 Å². The summed E-state index contributed by atoms with van der Waals surface area (Å²) in [4.78, 5) is 25.1. The summed E-state index contributed by atoms with van der Waals surface area (Å²) in [7, 11) is 1.80. The molecule has 0 saturated heterocycles. The molecule has 0 fully saturated rings. The predicted molar refractivity (Wildman–Crippen MR) is 109 cm³/mol. The van der Waals surface area contributed by atoms with Gasteiger partial charge in [0.1, 0.15) is 5.69 Å². The molecule has 0 atom stereocenters. The molecule has 140 valence electrons. The maximum absolute atomic E-state index is 12.8. The van der Waals surface area contributed by atoms with Crippen LogP contribution in [0.4, 0.5) is 11.4 Å². The van der Waals surface area contributed by atoms with Crippen LogP contribution in [0.3, 0.4) is 0 Å². The average molecular weight is 364 g/mol. The minimum Gasteiger partial charge on any atom is -0.376 e. The molecule has 0 aliphatic carbocycles. The fourth-order valence-electron chi connectivity index (χ4n) is 2.94. The van der Waals surface area contributed by atoms with Crippen molar-refractivity contribution in [1.29, 1.82) is 0 Å². The number of para-hydroxylation sites is 1. The van der Waals surface area contributed by atoms with Crippen LogP contribution in [0.5, 0.6) is 0 Å². The van der Waals surface area contributed by atoms with Crippen LogP contribution in [0.25, 0.3) is 5.69 Å². The Kier molecular flexibility index (Phi) is 5.45. The Bertz CT molecular complexity index is 986. The number of benzene rings is 2.